The quantitative estimate of drug-likeness (QED) is 0.788. The molecular formula is C15H22NO+. The molecule has 2 heteroatoms. The van der Waals surface area contributed by atoms with Crippen LogP contribution in [0.25, 0.3) is 0 Å². The fourth-order valence-electron chi connectivity index (χ4n) is 3.07. The SMILES string of the molecule is CC(=O)CCC1Cc2c(cc[nH+]c2C)C1(C)C. The van der Waals surface area contributed by atoms with Gasteiger partial charge < -0.3 is 4.79 Å². The van der Waals surface area contributed by atoms with E-state index in [-0.39, 0.29) is 5.41 Å². The first-order valence-corrected chi connectivity index (χ1v) is 6.43. The Morgan fingerprint density at radius 3 is 2.82 bits per heavy atom. The van der Waals surface area contributed by atoms with E-state index in [0.717, 1.165) is 12.8 Å². The summed E-state index contributed by atoms with van der Waals surface area (Å²) in [4.78, 5) is 14.4. The lowest BCUT2D eigenvalue weighted by Gasteiger charge is -2.27. The van der Waals surface area contributed by atoms with E-state index < -0.39 is 0 Å². The van der Waals surface area contributed by atoms with Crippen LogP contribution in [0.4, 0.5) is 0 Å². The smallest absolute Gasteiger partial charge is 0.179 e. The van der Waals surface area contributed by atoms with Crippen molar-refractivity contribution in [2.75, 3.05) is 0 Å². The van der Waals surface area contributed by atoms with Gasteiger partial charge in [-0.15, -0.1) is 0 Å². The predicted octanol–water partition coefficient (Wildman–Crippen LogP) is 2.63. The number of ketones is 1. The second kappa shape index (κ2) is 4.25. The summed E-state index contributed by atoms with van der Waals surface area (Å²) in [5.41, 5.74) is 4.40. The topological polar surface area (TPSA) is 31.2 Å². The first-order chi connectivity index (χ1) is 7.93. The molecule has 0 fully saturated rings. The number of carbonyl (C=O) groups is 1. The van der Waals surface area contributed by atoms with Gasteiger partial charge in [-0.3, -0.25) is 0 Å². The standard InChI is InChI=1S/C15H21NO/c1-10(17)5-6-12-9-13-11(2)16-8-7-14(13)15(12,3)4/h7-8,12H,5-6,9H2,1-4H3/p+1. The molecule has 2 nitrogen and oxygen atoms in total. The third kappa shape index (κ3) is 2.13. The van der Waals surface area contributed by atoms with Crippen LogP contribution in [0.1, 0.15) is 50.4 Å². The highest BCUT2D eigenvalue weighted by Gasteiger charge is 2.40. The van der Waals surface area contributed by atoms with E-state index in [1.54, 1.807) is 6.92 Å². The summed E-state index contributed by atoms with van der Waals surface area (Å²) >= 11 is 0. The van der Waals surface area contributed by atoms with E-state index in [1.165, 1.54) is 16.8 Å². The number of aryl methyl sites for hydroxylation is 1. The number of fused-ring (bicyclic) bond motifs is 1. The van der Waals surface area contributed by atoms with E-state index in [1.807, 2.05) is 6.20 Å². The molecule has 1 aliphatic rings. The van der Waals surface area contributed by atoms with Crippen molar-refractivity contribution in [3.63, 3.8) is 0 Å². The van der Waals surface area contributed by atoms with Crippen molar-refractivity contribution in [2.45, 2.75) is 52.4 Å². The van der Waals surface area contributed by atoms with Gasteiger partial charge in [0.25, 0.3) is 0 Å². The second-order valence-corrected chi connectivity index (χ2v) is 5.86. The van der Waals surface area contributed by atoms with Crippen LogP contribution < -0.4 is 4.98 Å². The Hall–Kier alpha value is -1.18. The van der Waals surface area contributed by atoms with E-state index in [2.05, 4.69) is 31.8 Å². The van der Waals surface area contributed by atoms with E-state index in [9.17, 15) is 4.79 Å². The van der Waals surface area contributed by atoms with Crippen molar-refractivity contribution >= 4 is 5.78 Å². The lowest BCUT2D eigenvalue weighted by atomic mass is 9.76. The number of aromatic amines is 1. The van der Waals surface area contributed by atoms with E-state index >= 15 is 0 Å². The molecular weight excluding hydrogens is 210 g/mol. The van der Waals surface area contributed by atoms with Gasteiger partial charge in [-0.25, -0.2) is 4.98 Å². The average Bonchev–Trinajstić information content (AvgIpc) is 2.50. The van der Waals surface area contributed by atoms with Crippen LogP contribution >= 0.6 is 0 Å². The minimum Gasteiger partial charge on any atom is -0.300 e. The van der Waals surface area contributed by atoms with Crippen molar-refractivity contribution < 1.29 is 9.78 Å². The van der Waals surface area contributed by atoms with Gasteiger partial charge in [0.15, 0.2) is 11.9 Å². The minimum atomic E-state index is 0.199. The summed E-state index contributed by atoms with van der Waals surface area (Å²) in [7, 11) is 0. The Labute approximate surface area is 103 Å². The minimum absolute atomic E-state index is 0.199. The van der Waals surface area contributed by atoms with Crippen LogP contribution in [0, 0.1) is 12.8 Å². The number of H-pyrrole nitrogens is 1. The maximum Gasteiger partial charge on any atom is 0.179 e. The fraction of sp³-hybridized carbons (Fsp3) is 0.600. The summed E-state index contributed by atoms with van der Waals surface area (Å²) in [5.74, 6) is 0.899. The molecule has 92 valence electrons. The van der Waals surface area contributed by atoms with Crippen molar-refractivity contribution in [3.8, 4) is 0 Å². The Bertz CT molecular complexity index is 448. The number of carbonyl (C=O) groups excluding carboxylic acids is 1. The van der Waals surface area contributed by atoms with Gasteiger partial charge in [-0.05, 0) is 36.7 Å². The predicted molar refractivity (Wildman–Crippen MR) is 67.9 cm³/mol. The summed E-state index contributed by atoms with van der Waals surface area (Å²) in [6.07, 6.45) is 4.86. The molecule has 0 aliphatic heterocycles. The van der Waals surface area contributed by atoms with Crippen molar-refractivity contribution in [3.05, 3.63) is 29.1 Å². The molecule has 1 aromatic rings. The molecule has 0 saturated heterocycles. The van der Waals surface area contributed by atoms with Crippen molar-refractivity contribution in [1.29, 1.82) is 0 Å². The van der Waals surface area contributed by atoms with Crippen LogP contribution in [0.5, 0.6) is 0 Å². The van der Waals surface area contributed by atoms with Gasteiger partial charge in [-0.1, -0.05) is 13.8 Å². The molecule has 1 heterocycles. The number of aromatic nitrogens is 1. The van der Waals surface area contributed by atoms with E-state index in [0.29, 0.717) is 18.1 Å². The van der Waals surface area contributed by atoms with Crippen molar-refractivity contribution in [1.82, 2.24) is 0 Å². The zero-order chi connectivity index (χ0) is 12.6. The van der Waals surface area contributed by atoms with Crippen LogP contribution in [-0.2, 0) is 16.6 Å². The van der Waals surface area contributed by atoms with Crippen LogP contribution in [-0.4, -0.2) is 5.78 Å². The monoisotopic (exact) mass is 232 g/mol. The van der Waals surface area contributed by atoms with Crippen LogP contribution in [0.2, 0.25) is 0 Å². The van der Waals surface area contributed by atoms with Crippen molar-refractivity contribution in [2.24, 2.45) is 5.92 Å². The summed E-state index contributed by atoms with van der Waals surface area (Å²) in [6, 6.07) is 2.20. The molecule has 0 amide bonds. The number of nitrogens with one attached hydrogen (secondary N) is 1. The third-order valence-corrected chi connectivity index (χ3v) is 4.34. The summed E-state index contributed by atoms with van der Waals surface area (Å²) in [6.45, 7) is 8.45. The van der Waals surface area contributed by atoms with Gasteiger partial charge in [0, 0.05) is 25.0 Å². The van der Waals surface area contributed by atoms with Crippen LogP contribution in [0.15, 0.2) is 12.3 Å². The highest BCUT2D eigenvalue weighted by Crippen LogP contribution is 2.45. The molecule has 0 aromatic carbocycles. The molecule has 1 unspecified atom stereocenters. The van der Waals surface area contributed by atoms with Gasteiger partial charge in [0.2, 0.25) is 0 Å². The molecule has 2 rings (SSSR count). The Morgan fingerprint density at radius 2 is 2.24 bits per heavy atom. The lowest BCUT2D eigenvalue weighted by Crippen LogP contribution is -2.24. The Balaban J connectivity index is 2.26. The maximum absolute atomic E-state index is 11.1. The number of hydrogen-bond acceptors (Lipinski definition) is 1. The first-order valence-electron chi connectivity index (χ1n) is 6.43. The largest absolute Gasteiger partial charge is 0.300 e. The third-order valence-electron chi connectivity index (χ3n) is 4.34. The second-order valence-electron chi connectivity index (χ2n) is 5.86. The first kappa shape index (κ1) is 12.3. The lowest BCUT2D eigenvalue weighted by molar-refractivity contribution is -0.388. The summed E-state index contributed by atoms with van der Waals surface area (Å²) < 4.78 is 0. The number of Topliss-reactive ketones (excluding diaryl/α,β-unsaturated/α-hetero) is 1. The molecule has 0 radical (unpaired) electrons. The van der Waals surface area contributed by atoms with Gasteiger partial charge in [0.1, 0.15) is 5.78 Å². The zero-order valence-electron chi connectivity index (χ0n) is 11.3. The molecule has 0 saturated carbocycles. The highest BCUT2D eigenvalue weighted by molar-refractivity contribution is 5.75. The number of rotatable bonds is 3. The van der Waals surface area contributed by atoms with Gasteiger partial charge in [-0.2, -0.15) is 0 Å². The fourth-order valence-corrected chi connectivity index (χ4v) is 3.07. The van der Waals surface area contributed by atoms with Gasteiger partial charge >= 0.3 is 0 Å². The molecule has 17 heavy (non-hydrogen) atoms. The average molecular weight is 232 g/mol. The normalized spacial score (nSPS) is 21.3. The number of hydrogen-bond donors (Lipinski definition) is 0. The molecule has 1 atom stereocenters. The Morgan fingerprint density at radius 1 is 1.53 bits per heavy atom. The molecule has 1 N–H and O–H groups in total. The number of pyridine rings is 1. The molecule has 0 spiro atoms. The Kier molecular flexibility index (Phi) is 3.07. The van der Waals surface area contributed by atoms with Gasteiger partial charge in [0.05, 0.1) is 0 Å². The molecule has 0 bridgehead atoms. The molecule has 1 aliphatic carbocycles. The van der Waals surface area contributed by atoms with E-state index in [4.69, 9.17) is 0 Å². The summed E-state index contributed by atoms with van der Waals surface area (Å²) in [5, 5.41) is 0. The highest BCUT2D eigenvalue weighted by atomic mass is 16.1. The molecule has 1 aromatic heterocycles. The zero-order valence-corrected chi connectivity index (χ0v) is 11.3. The van der Waals surface area contributed by atoms with Crippen LogP contribution in [0.3, 0.4) is 0 Å². The maximum atomic E-state index is 11.1.